The van der Waals surface area contributed by atoms with Crippen molar-refractivity contribution in [1.29, 1.82) is 0 Å². The predicted octanol–water partition coefficient (Wildman–Crippen LogP) is 1.87. The van der Waals surface area contributed by atoms with E-state index < -0.39 is 24.0 Å². The van der Waals surface area contributed by atoms with Crippen molar-refractivity contribution in [3.63, 3.8) is 0 Å². The molecule has 3 rings (SSSR count). The van der Waals surface area contributed by atoms with Crippen LogP contribution in [-0.2, 0) is 16.1 Å². The van der Waals surface area contributed by atoms with Crippen LogP contribution in [-0.4, -0.2) is 71.8 Å². The summed E-state index contributed by atoms with van der Waals surface area (Å²) in [6.45, 7) is 2.26. The molecule has 2 aliphatic rings. The van der Waals surface area contributed by atoms with E-state index in [1.807, 2.05) is 42.3 Å². The zero-order valence-corrected chi connectivity index (χ0v) is 17.5. The van der Waals surface area contributed by atoms with E-state index in [1.54, 1.807) is 6.92 Å². The van der Waals surface area contributed by atoms with Gasteiger partial charge >= 0.3 is 5.97 Å². The number of carboxylic acids is 1. The summed E-state index contributed by atoms with van der Waals surface area (Å²) < 4.78 is 0.691. The number of amides is 1. The Labute approximate surface area is 172 Å². The number of benzene rings is 1. The van der Waals surface area contributed by atoms with Gasteiger partial charge in [0.25, 0.3) is 0 Å². The fourth-order valence-corrected chi connectivity index (χ4v) is 6.62. The van der Waals surface area contributed by atoms with E-state index >= 15 is 0 Å². The van der Waals surface area contributed by atoms with Gasteiger partial charge in [0.1, 0.15) is 10.4 Å². The number of aliphatic hydroxyl groups excluding tert-OH is 1. The SMILES string of the molecule is C[C@@H](O)[C@H]1C(=O)N2C(C(=O)O)C(CSC(=S)N(C)Cc3ccccc3)S[C@H]12. The van der Waals surface area contributed by atoms with Crippen molar-refractivity contribution in [2.24, 2.45) is 5.92 Å². The molecule has 2 heterocycles. The Bertz CT molecular complexity index is 731. The third kappa shape index (κ3) is 4.11. The maximum absolute atomic E-state index is 12.2. The Hall–Kier alpha value is -1.29. The van der Waals surface area contributed by atoms with Gasteiger partial charge in [-0.2, -0.15) is 0 Å². The molecule has 2 unspecified atom stereocenters. The molecule has 1 amide bonds. The van der Waals surface area contributed by atoms with Crippen LogP contribution in [0, 0.1) is 5.92 Å². The molecular weight excluding hydrogens is 404 g/mol. The molecule has 0 saturated carbocycles. The highest BCUT2D eigenvalue weighted by Gasteiger charge is 2.61. The molecule has 27 heavy (non-hydrogen) atoms. The van der Waals surface area contributed by atoms with Gasteiger partial charge in [-0.1, -0.05) is 54.3 Å². The fourth-order valence-electron chi connectivity index (χ4n) is 3.43. The van der Waals surface area contributed by atoms with Gasteiger partial charge in [-0.25, -0.2) is 4.79 Å². The second-order valence-corrected chi connectivity index (χ2v) is 9.79. The van der Waals surface area contributed by atoms with Crippen molar-refractivity contribution in [2.75, 3.05) is 12.8 Å². The van der Waals surface area contributed by atoms with Gasteiger partial charge in [0, 0.05) is 24.6 Å². The lowest BCUT2D eigenvalue weighted by Crippen LogP contribution is -2.64. The predicted molar refractivity (Wildman–Crippen MR) is 112 cm³/mol. The van der Waals surface area contributed by atoms with E-state index in [9.17, 15) is 19.8 Å². The number of rotatable bonds is 6. The lowest BCUT2D eigenvalue weighted by molar-refractivity contribution is -0.167. The van der Waals surface area contributed by atoms with Crippen LogP contribution >= 0.6 is 35.7 Å². The average Bonchev–Trinajstić information content (AvgIpc) is 2.94. The summed E-state index contributed by atoms with van der Waals surface area (Å²) in [7, 11) is 1.92. The maximum Gasteiger partial charge on any atom is 0.327 e. The van der Waals surface area contributed by atoms with Crippen molar-refractivity contribution < 1.29 is 19.8 Å². The first-order valence-corrected chi connectivity index (χ1v) is 10.9. The van der Waals surface area contributed by atoms with E-state index in [2.05, 4.69) is 0 Å². The van der Waals surface area contributed by atoms with Crippen LogP contribution in [0.3, 0.4) is 0 Å². The molecule has 5 atom stereocenters. The quantitative estimate of drug-likeness (QED) is 0.527. The summed E-state index contributed by atoms with van der Waals surface area (Å²) in [4.78, 5) is 27.3. The van der Waals surface area contributed by atoms with Gasteiger partial charge in [0.2, 0.25) is 5.91 Å². The number of carboxylic acid groups (broad SMARTS) is 1. The second-order valence-electron chi connectivity index (χ2n) is 6.78. The van der Waals surface area contributed by atoms with Crippen molar-refractivity contribution in [1.82, 2.24) is 9.80 Å². The van der Waals surface area contributed by atoms with Gasteiger partial charge in [0.15, 0.2) is 0 Å². The summed E-state index contributed by atoms with van der Waals surface area (Å²) in [6, 6.07) is 9.12. The summed E-state index contributed by atoms with van der Waals surface area (Å²) in [5, 5.41) is 18.9. The van der Waals surface area contributed by atoms with Crippen molar-refractivity contribution in [3.05, 3.63) is 35.9 Å². The number of carbonyl (C=O) groups excluding carboxylic acids is 1. The van der Waals surface area contributed by atoms with Crippen molar-refractivity contribution in [3.8, 4) is 0 Å². The Balaban J connectivity index is 1.59. The highest BCUT2D eigenvalue weighted by molar-refractivity contribution is 8.23. The van der Waals surface area contributed by atoms with Crippen LogP contribution in [0.2, 0.25) is 0 Å². The molecule has 1 aromatic rings. The minimum absolute atomic E-state index is 0.256. The van der Waals surface area contributed by atoms with Crippen LogP contribution in [0.15, 0.2) is 30.3 Å². The molecular formula is C18H22N2O4S3. The first-order chi connectivity index (χ1) is 12.8. The monoisotopic (exact) mass is 426 g/mol. The smallest absolute Gasteiger partial charge is 0.327 e. The molecule has 6 nitrogen and oxygen atoms in total. The first kappa shape index (κ1) is 20.4. The van der Waals surface area contributed by atoms with Crippen LogP contribution in [0.5, 0.6) is 0 Å². The van der Waals surface area contributed by atoms with E-state index in [0.717, 1.165) is 5.56 Å². The summed E-state index contributed by atoms with van der Waals surface area (Å²) in [6.07, 6.45) is -0.773. The van der Waals surface area contributed by atoms with Crippen LogP contribution in [0.25, 0.3) is 0 Å². The average molecular weight is 427 g/mol. The molecule has 0 radical (unpaired) electrons. The number of nitrogens with zero attached hydrogens (tertiary/aromatic N) is 2. The molecule has 2 aliphatic heterocycles. The largest absolute Gasteiger partial charge is 0.480 e. The second kappa shape index (κ2) is 8.38. The number of thioether (sulfide) groups is 2. The van der Waals surface area contributed by atoms with E-state index in [-0.39, 0.29) is 16.5 Å². The van der Waals surface area contributed by atoms with Crippen molar-refractivity contribution in [2.45, 2.75) is 36.2 Å². The molecule has 1 aromatic carbocycles. The van der Waals surface area contributed by atoms with Crippen molar-refractivity contribution >= 4 is 51.9 Å². The Kier molecular flexibility index (Phi) is 6.35. The minimum atomic E-state index is -1.00. The van der Waals surface area contributed by atoms with Crippen LogP contribution in [0.4, 0.5) is 0 Å². The molecule has 0 bridgehead atoms. The lowest BCUT2D eigenvalue weighted by atomic mass is 9.91. The minimum Gasteiger partial charge on any atom is -0.480 e. The molecule has 146 valence electrons. The Morgan fingerprint density at radius 3 is 2.67 bits per heavy atom. The first-order valence-electron chi connectivity index (χ1n) is 8.61. The third-order valence-electron chi connectivity index (χ3n) is 4.81. The molecule has 2 saturated heterocycles. The zero-order chi connectivity index (χ0) is 19.7. The topological polar surface area (TPSA) is 81.1 Å². The molecule has 9 heteroatoms. The fraction of sp³-hybridized carbons (Fsp3) is 0.500. The molecule has 0 spiro atoms. The number of aliphatic hydroxyl groups is 1. The molecule has 2 fully saturated rings. The molecule has 2 N–H and O–H groups in total. The Morgan fingerprint density at radius 2 is 2.07 bits per heavy atom. The number of β-lactam (4-membered cyclic amide) rings is 1. The van der Waals surface area contributed by atoms with E-state index in [1.165, 1.54) is 28.4 Å². The lowest BCUT2D eigenvalue weighted by Gasteiger charge is -2.44. The van der Waals surface area contributed by atoms with E-state index in [0.29, 0.717) is 16.6 Å². The van der Waals surface area contributed by atoms with Gasteiger partial charge < -0.3 is 20.0 Å². The third-order valence-corrected chi connectivity index (χ3v) is 8.34. The zero-order valence-electron chi connectivity index (χ0n) is 15.0. The normalized spacial score (nSPS) is 27.7. The van der Waals surface area contributed by atoms with Gasteiger partial charge in [0.05, 0.1) is 17.4 Å². The van der Waals surface area contributed by atoms with Gasteiger partial charge in [-0.3, -0.25) is 4.79 Å². The van der Waals surface area contributed by atoms with E-state index in [4.69, 9.17) is 12.2 Å². The number of fused-ring (bicyclic) bond motifs is 1. The van der Waals surface area contributed by atoms with Gasteiger partial charge in [-0.05, 0) is 12.5 Å². The van der Waals surface area contributed by atoms with Gasteiger partial charge in [-0.15, -0.1) is 11.8 Å². The summed E-state index contributed by atoms with van der Waals surface area (Å²) in [5.74, 6) is -1.28. The highest BCUT2D eigenvalue weighted by atomic mass is 32.2. The molecule has 0 aromatic heterocycles. The molecule has 0 aliphatic carbocycles. The Morgan fingerprint density at radius 1 is 1.41 bits per heavy atom. The standard InChI is InChI=1S/C18H22N2O4S3/c1-10(21)13-15(22)20-14(17(23)24)12(27-16(13)20)9-26-18(25)19(2)8-11-6-4-3-5-7-11/h3-7,10,12-14,16,21H,8-9H2,1-2H3,(H,23,24)/t10-,12?,13+,14?,16-/m1/s1. The maximum atomic E-state index is 12.2. The van der Waals surface area contributed by atoms with Crippen LogP contribution in [0.1, 0.15) is 12.5 Å². The number of thiocarbonyl (C=S) groups is 1. The highest BCUT2D eigenvalue weighted by Crippen LogP contribution is 2.49. The summed E-state index contributed by atoms with van der Waals surface area (Å²) in [5.41, 5.74) is 1.15. The van der Waals surface area contributed by atoms with Crippen LogP contribution < -0.4 is 0 Å². The number of carbonyl (C=O) groups is 2. The number of aliphatic carboxylic acids is 1. The number of hydrogen-bond donors (Lipinski definition) is 2. The summed E-state index contributed by atoms with van der Waals surface area (Å²) >= 11 is 8.39. The number of hydrogen-bond acceptors (Lipinski definition) is 6.